The number of carboxylic acid groups (broad SMARTS) is 1. The van der Waals surface area contributed by atoms with E-state index in [4.69, 9.17) is 17.3 Å². The number of carbonyl (C=O) groups is 2. The zero-order valence-electron chi connectivity index (χ0n) is 10.2. The van der Waals surface area contributed by atoms with E-state index in [2.05, 4.69) is 20.7 Å². The minimum Gasteiger partial charge on any atom is -0.477 e. The van der Waals surface area contributed by atoms with Crippen LogP contribution in [0.5, 0.6) is 0 Å². The number of hydrogen-bond donors (Lipinski definition) is 3. The van der Waals surface area contributed by atoms with Crippen molar-refractivity contribution in [3.63, 3.8) is 0 Å². The van der Waals surface area contributed by atoms with Gasteiger partial charge in [-0.25, -0.2) is 9.78 Å². The Morgan fingerprint density at radius 2 is 2.05 bits per heavy atom. The number of rotatable bonds is 5. The van der Waals surface area contributed by atoms with Gasteiger partial charge >= 0.3 is 5.97 Å². The fraction of sp³-hybridized carbons (Fsp3) is 0.0769. The van der Waals surface area contributed by atoms with E-state index in [0.29, 0.717) is 0 Å². The van der Waals surface area contributed by atoms with Crippen molar-refractivity contribution < 1.29 is 14.7 Å². The average Bonchev–Trinajstić information content (AvgIpc) is 2.95. The Bertz CT molecular complexity index is 639. The van der Waals surface area contributed by atoms with Gasteiger partial charge in [0.1, 0.15) is 0 Å². The highest BCUT2D eigenvalue weighted by molar-refractivity contribution is 7.79. The number of carbonyl (C=O) groups excluding carboxylic acids is 1. The topological polar surface area (TPSA) is 95.1 Å². The molecule has 0 bridgehead atoms. The van der Waals surface area contributed by atoms with Gasteiger partial charge in [0.05, 0.1) is 17.7 Å². The quantitative estimate of drug-likeness (QED) is 0.724. The molecule has 1 aromatic heterocycles. The number of aromatic nitrogens is 2. The van der Waals surface area contributed by atoms with Crippen LogP contribution in [0.4, 0.5) is 0 Å². The molecule has 2 rings (SSSR count). The molecule has 7 heteroatoms. The number of nitrogens with zero attached hydrogens (tertiary/aromatic N) is 1. The fourth-order valence-electron chi connectivity index (χ4n) is 1.66. The van der Waals surface area contributed by atoms with E-state index in [1.807, 2.05) is 6.07 Å². The fourth-order valence-corrected chi connectivity index (χ4v) is 1.85. The zero-order chi connectivity index (χ0) is 14.5. The minimum atomic E-state index is -1.25. The van der Waals surface area contributed by atoms with E-state index >= 15 is 0 Å². The Hall–Kier alpha value is -2.54. The van der Waals surface area contributed by atoms with Crippen LogP contribution in [-0.2, 0) is 0 Å². The first-order valence-electron chi connectivity index (χ1n) is 5.63. The Kier molecular flexibility index (Phi) is 4.21. The molecule has 0 aliphatic rings. The van der Waals surface area contributed by atoms with Gasteiger partial charge in [-0.15, -0.1) is 0 Å². The molecular weight excluding hydrogens is 278 g/mol. The number of nitrogens with one attached hydrogen (secondary N) is 2. The van der Waals surface area contributed by atoms with Crippen LogP contribution in [0.2, 0.25) is 0 Å². The molecule has 0 spiro atoms. The van der Waals surface area contributed by atoms with Gasteiger partial charge in [-0.2, -0.15) is 0 Å². The number of aromatic carboxylic acids is 1. The van der Waals surface area contributed by atoms with Crippen molar-refractivity contribution in [3.8, 4) is 0 Å². The molecule has 0 saturated heterocycles. The van der Waals surface area contributed by atoms with E-state index in [-0.39, 0.29) is 11.4 Å². The number of imidazole rings is 1. The molecule has 1 atom stereocenters. The summed E-state index contributed by atoms with van der Waals surface area (Å²) in [6.45, 7) is 0. The highest BCUT2D eigenvalue weighted by atomic mass is 32.1. The molecule has 0 saturated carbocycles. The number of hydrogen-bond acceptors (Lipinski definition) is 4. The minimum absolute atomic E-state index is 0.191. The van der Waals surface area contributed by atoms with E-state index in [0.717, 1.165) is 11.9 Å². The van der Waals surface area contributed by atoms with Gasteiger partial charge in [0, 0.05) is 0 Å². The first-order chi connectivity index (χ1) is 9.63. The largest absolute Gasteiger partial charge is 0.477 e. The lowest BCUT2D eigenvalue weighted by molar-refractivity contribution is 0.0685. The third-order valence-electron chi connectivity index (χ3n) is 2.59. The molecule has 1 aromatic carbocycles. The highest BCUT2D eigenvalue weighted by Gasteiger charge is 2.22. The van der Waals surface area contributed by atoms with Crippen molar-refractivity contribution in [2.75, 3.05) is 0 Å². The Morgan fingerprint density at radius 3 is 2.65 bits per heavy atom. The number of H-pyrrole nitrogens is 1. The molecule has 0 aliphatic carbocycles. The van der Waals surface area contributed by atoms with E-state index in [9.17, 15) is 9.59 Å². The number of thiocarbonyl (C=S) groups is 1. The molecule has 1 unspecified atom stereocenters. The monoisotopic (exact) mass is 288 g/mol. The van der Waals surface area contributed by atoms with E-state index in [1.165, 1.54) is 0 Å². The summed E-state index contributed by atoms with van der Waals surface area (Å²) < 4.78 is 0. The normalized spacial score (nSPS) is 11.6. The van der Waals surface area contributed by atoms with Gasteiger partial charge in [0.2, 0.25) is 0 Å². The van der Waals surface area contributed by atoms with Gasteiger partial charge < -0.3 is 15.4 Å². The second-order valence-electron chi connectivity index (χ2n) is 3.87. The summed E-state index contributed by atoms with van der Waals surface area (Å²) in [6, 6.07) is 8.40. The van der Waals surface area contributed by atoms with Crippen LogP contribution in [-0.4, -0.2) is 32.3 Å². The van der Waals surface area contributed by atoms with E-state index in [1.54, 1.807) is 24.3 Å². The molecule has 1 radical (unpaired) electrons. The zero-order valence-corrected chi connectivity index (χ0v) is 11.0. The molecular formula is C13H10N3O3S. The van der Waals surface area contributed by atoms with Crippen molar-refractivity contribution in [3.05, 3.63) is 53.6 Å². The van der Waals surface area contributed by atoms with Crippen LogP contribution in [0.15, 0.2) is 36.7 Å². The highest BCUT2D eigenvalue weighted by Crippen LogP contribution is 2.12. The maximum Gasteiger partial charge on any atom is 0.354 e. The predicted molar refractivity (Wildman–Crippen MR) is 74.8 cm³/mol. The van der Waals surface area contributed by atoms with Crippen LogP contribution >= 0.6 is 12.2 Å². The van der Waals surface area contributed by atoms with Crippen molar-refractivity contribution >= 4 is 29.5 Å². The molecule has 3 N–H and O–H groups in total. The number of aromatic amines is 1. The molecule has 101 valence electrons. The molecule has 6 nitrogen and oxygen atoms in total. The molecule has 1 amide bonds. The maximum absolute atomic E-state index is 12.0. The third kappa shape index (κ3) is 2.89. The van der Waals surface area contributed by atoms with E-state index < -0.39 is 17.9 Å². The summed E-state index contributed by atoms with van der Waals surface area (Å²) in [4.78, 5) is 29.1. The van der Waals surface area contributed by atoms with Crippen LogP contribution in [0.1, 0.15) is 32.6 Å². The third-order valence-corrected chi connectivity index (χ3v) is 2.83. The van der Waals surface area contributed by atoms with Gasteiger partial charge in [0.15, 0.2) is 11.4 Å². The lowest BCUT2D eigenvalue weighted by Gasteiger charge is -2.13. The maximum atomic E-state index is 12.0. The van der Waals surface area contributed by atoms with Gasteiger partial charge in [-0.05, 0) is 5.56 Å². The Labute approximate surface area is 119 Å². The predicted octanol–water partition coefficient (Wildman–Crippen LogP) is 1.46. The van der Waals surface area contributed by atoms with Crippen LogP contribution < -0.4 is 5.32 Å². The number of amides is 1. The summed E-state index contributed by atoms with van der Waals surface area (Å²) in [5, 5.41) is 14.0. The van der Waals surface area contributed by atoms with Crippen LogP contribution in [0.3, 0.4) is 0 Å². The Morgan fingerprint density at radius 1 is 1.35 bits per heavy atom. The van der Waals surface area contributed by atoms with Crippen molar-refractivity contribution in [1.82, 2.24) is 15.3 Å². The molecule has 1 heterocycles. The van der Waals surface area contributed by atoms with Crippen LogP contribution in [0.25, 0.3) is 0 Å². The Balaban J connectivity index is 2.20. The molecule has 20 heavy (non-hydrogen) atoms. The average molecular weight is 288 g/mol. The lowest BCUT2D eigenvalue weighted by atomic mass is 10.1. The van der Waals surface area contributed by atoms with Crippen LogP contribution in [0, 0.1) is 0 Å². The first kappa shape index (κ1) is 13.9. The summed E-state index contributed by atoms with van der Waals surface area (Å²) in [6.07, 6.45) is 1.15. The molecule has 2 aromatic rings. The summed E-state index contributed by atoms with van der Waals surface area (Å²) in [7, 11) is 0. The molecule has 0 aliphatic heterocycles. The van der Waals surface area contributed by atoms with Gasteiger partial charge in [-0.1, -0.05) is 42.5 Å². The van der Waals surface area contributed by atoms with Crippen molar-refractivity contribution in [2.24, 2.45) is 0 Å². The van der Waals surface area contributed by atoms with Crippen molar-refractivity contribution in [1.29, 1.82) is 0 Å². The number of carboxylic acids is 1. The summed E-state index contributed by atoms with van der Waals surface area (Å²) in [5.74, 6) is -1.88. The second-order valence-corrected chi connectivity index (χ2v) is 4.10. The lowest BCUT2D eigenvalue weighted by Crippen LogP contribution is -2.30. The summed E-state index contributed by atoms with van der Waals surface area (Å²) >= 11 is 4.78. The standard InChI is InChI=1S/C13H10N3O3S/c17-12(10-11(13(18)19)15-7-14-10)16-9(6-20)8-4-2-1-3-5-8/h1-5,7,9H,(H,14,15)(H,16,17)(H,18,19). The van der Waals surface area contributed by atoms with Gasteiger partial charge in [0.25, 0.3) is 5.91 Å². The molecule has 0 fully saturated rings. The van der Waals surface area contributed by atoms with Gasteiger partial charge in [-0.3, -0.25) is 4.79 Å². The second kappa shape index (κ2) is 6.07. The summed E-state index contributed by atoms with van der Waals surface area (Å²) in [5.41, 5.74) is 0.297. The smallest absolute Gasteiger partial charge is 0.354 e. The van der Waals surface area contributed by atoms with Crippen molar-refractivity contribution in [2.45, 2.75) is 6.04 Å². The SMILES string of the molecule is O=C(NC([C]=S)c1ccccc1)c1nc[nH]c1C(=O)O. The number of benzene rings is 1. The first-order valence-corrected chi connectivity index (χ1v) is 6.04.